The summed E-state index contributed by atoms with van der Waals surface area (Å²) in [6, 6.07) is 2.35. The summed E-state index contributed by atoms with van der Waals surface area (Å²) < 4.78 is 30.8. The molecule has 0 spiro atoms. The number of alkyl halides is 4. The summed E-state index contributed by atoms with van der Waals surface area (Å²) >= 11 is 16.1. The minimum Gasteiger partial charge on any atom is -0.507 e. The Morgan fingerprint density at radius 2 is 1.81 bits per heavy atom. The van der Waals surface area contributed by atoms with Gasteiger partial charge in [-0.1, -0.05) is 23.2 Å². The van der Waals surface area contributed by atoms with Gasteiger partial charge in [-0.2, -0.15) is 8.78 Å². The Kier molecular flexibility index (Phi) is 4.68. The number of phenolic OH excluding ortho intramolecular Hbond substituents is 1. The molecule has 0 heterocycles. The van der Waals surface area contributed by atoms with Crippen LogP contribution in [-0.2, 0) is 0 Å². The molecule has 0 amide bonds. The van der Waals surface area contributed by atoms with Crippen molar-refractivity contribution in [2.45, 2.75) is 10.9 Å². The molecule has 0 aliphatic heterocycles. The normalized spacial score (nSPS) is 11.9. The summed E-state index contributed by atoms with van der Waals surface area (Å²) in [7, 11) is 0. The lowest BCUT2D eigenvalue weighted by Crippen LogP contribution is -2.32. The molecule has 1 aromatic carbocycles. The van der Waals surface area contributed by atoms with Gasteiger partial charge in [0.05, 0.1) is 8.95 Å². The third kappa shape index (κ3) is 3.12. The molecule has 1 aromatic rings. The first-order valence-corrected chi connectivity index (χ1v) is 6.23. The Hall–Kier alpha value is 0.220. The summed E-state index contributed by atoms with van der Waals surface area (Å²) in [4.78, 5) is -1.99. The number of hydrogen-bond donors (Lipinski definition) is 1. The first-order chi connectivity index (χ1) is 7.25. The number of ether oxygens (including phenoxy) is 1. The maximum atomic E-state index is 13.1. The van der Waals surface area contributed by atoms with Crippen LogP contribution in [0.5, 0.6) is 11.5 Å². The standard InChI is InChI=1S/C8H4Br2Cl2F2O2/c9-5-3(15)1-2-4(6(5)10)16-8(13,14)7(11)12/h1-2,7,15H. The van der Waals surface area contributed by atoms with E-state index >= 15 is 0 Å². The van der Waals surface area contributed by atoms with Crippen molar-refractivity contribution in [3.05, 3.63) is 21.1 Å². The Bertz CT molecular complexity index is 402. The van der Waals surface area contributed by atoms with Gasteiger partial charge in [0, 0.05) is 0 Å². The molecule has 1 N–H and O–H groups in total. The van der Waals surface area contributed by atoms with Crippen LogP contribution in [0.3, 0.4) is 0 Å². The largest absolute Gasteiger partial charge is 0.507 e. The second kappa shape index (κ2) is 5.25. The molecule has 0 saturated carbocycles. The SMILES string of the molecule is Oc1ccc(OC(F)(F)C(Cl)Cl)c(Br)c1Br. The Morgan fingerprint density at radius 3 is 2.31 bits per heavy atom. The number of phenols is 1. The van der Waals surface area contributed by atoms with Crippen LogP contribution in [0.25, 0.3) is 0 Å². The van der Waals surface area contributed by atoms with E-state index in [2.05, 4.69) is 36.6 Å². The molecule has 0 radical (unpaired) electrons. The van der Waals surface area contributed by atoms with Crippen molar-refractivity contribution in [2.75, 3.05) is 0 Å². The zero-order valence-corrected chi connectivity index (χ0v) is 12.0. The summed E-state index contributed by atoms with van der Waals surface area (Å²) in [6.45, 7) is 0. The minimum atomic E-state index is -3.72. The van der Waals surface area contributed by atoms with Gasteiger partial charge in [0.2, 0.25) is 4.84 Å². The average Bonchev–Trinajstić information content (AvgIpc) is 2.19. The molecule has 90 valence electrons. The van der Waals surface area contributed by atoms with Gasteiger partial charge >= 0.3 is 6.11 Å². The fourth-order valence-electron chi connectivity index (χ4n) is 0.792. The highest BCUT2D eigenvalue weighted by molar-refractivity contribution is 9.13. The number of aromatic hydroxyl groups is 1. The Balaban J connectivity index is 3.04. The van der Waals surface area contributed by atoms with E-state index in [-0.39, 0.29) is 20.4 Å². The molecular weight excluding hydrogens is 397 g/mol. The molecule has 0 atom stereocenters. The first kappa shape index (κ1) is 14.3. The van der Waals surface area contributed by atoms with E-state index in [0.29, 0.717) is 0 Å². The lowest BCUT2D eigenvalue weighted by atomic mass is 10.3. The highest BCUT2D eigenvalue weighted by Gasteiger charge is 2.40. The fourth-order valence-corrected chi connectivity index (χ4v) is 1.62. The van der Waals surface area contributed by atoms with Gasteiger partial charge < -0.3 is 9.84 Å². The van der Waals surface area contributed by atoms with Crippen LogP contribution in [-0.4, -0.2) is 16.1 Å². The van der Waals surface area contributed by atoms with Crippen molar-refractivity contribution in [2.24, 2.45) is 0 Å². The van der Waals surface area contributed by atoms with Crippen LogP contribution in [0.2, 0.25) is 0 Å². The molecular formula is C8H4Br2Cl2F2O2. The summed E-state index contributed by atoms with van der Waals surface area (Å²) in [5, 5.41) is 9.26. The van der Waals surface area contributed by atoms with E-state index < -0.39 is 10.9 Å². The van der Waals surface area contributed by atoms with Gasteiger partial charge in [0.25, 0.3) is 0 Å². The van der Waals surface area contributed by atoms with Gasteiger partial charge in [0.15, 0.2) is 0 Å². The number of rotatable bonds is 3. The topological polar surface area (TPSA) is 29.5 Å². The fraction of sp³-hybridized carbons (Fsp3) is 0.250. The number of halogens is 6. The quantitative estimate of drug-likeness (QED) is 0.746. The van der Waals surface area contributed by atoms with E-state index in [1.54, 1.807) is 0 Å². The van der Waals surface area contributed by atoms with Crippen molar-refractivity contribution < 1.29 is 18.6 Å². The van der Waals surface area contributed by atoms with Crippen LogP contribution in [0.15, 0.2) is 21.1 Å². The van der Waals surface area contributed by atoms with Crippen molar-refractivity contribution in [1.82, 2.24) is 0 Å². The van der Waals surface area contributed by atoms with Crippen molar-refractivity contribution >= 4 is 55.1 Å². The van der Waals surface area contributed by atoms with Gasteiger partial charge in [-0.15, -0.1) is 0 Å². The monoisotopic (exact) mass is 398 g/mol. The van der Waals surface area contributed by atoms with Crippen molar-refractivity contribution in [3.63, 3.8) is 0 Å². The van der Waals surface area contributed by atoms with Crippen LogP contribution in [0, 0.1) is 0 Å². The third-order valence-electron chi connectivity index (χ3n) is 1.53. The number of hydrogen-bond acceptors (Lipinski definition) is 2. The van der Waals surface area contributed by atoms with E-state index in [4.69, 9.17) is 23.2 Å². The molecule has 0 unspecified atom stereocenters. The second-order valence-corrected chi connectivity index (χ2v) is 5.36. The van der Waals surface area contributed by atoms with Crippen LogP contribution >= 0.6 is 55.1 Å². The molecule has 0 aliphatic rings. The zero-order chi connectivity index (χ0) is 12.5. The predicted molar refractivity (Wildman–Crippen MR) is 64.6 cm³/mol. The first-order valence-electron chi connectivity index (χ1n) is 3.77. The lowest BCUT2D eigenvalue weighted by molar-refractivity contribution is -0.164. The molecule has 2 nitrogen and oxygen atoms in total. The van der Waals surface area contributed by atoms with E-state index in [1.165, 1.54) is 6.07 Å². The van der Waals surface area contributed by atoms with E-state index in [1.807, 2.05) is 0 Å². The summed E-state index contributed by atoms with van der Waals surface area (Å²) in [6.07, 6.45) is -3.72. The summed E-state index contributed by atoms with van der Waals surface area (Å²) in [5.74, 6) is -0.309. The predicted octanol–water partition coefficient (Wildman–Crippen LogP) is 4.69. The van der Waals surface area contributed by atoms with Gasteiger partial charge in [-0.05, 0) is 44.0 Å². The molecule has 16 heavy (non-hydrogen) atoms. The third-order valence-corrected chi connectivity index (χ3v) is 4.16. The maximum absolute atomic E-state index is 13.1. The summed E-state index contributed by atoms with van der Waals surface area (Å²) in [5.41, 5.74) is 0. The molecule has 0 bridgehead atoms. The van der Waals surface area contributed by atoms with Gasteiger partial charge in [0.1, 0.15) is 11.5 Å². The van der Waals surface area contributed by atoms with E-state index in [9.17, 15) is 13.9 Å². The van der Waals surface area contributed by atoms with Gasteiger partial charge in [-0.3, -0.25) is 0 Å². The highest BCUT2D eigenvalue weighted by Crippen LogP contribution is 2.41. The highest BCUT2D eigenvalue weighted by atomic mass is 79.9. The maximum Gasteiger partial charge on any atom is 0.428 e. The lowest BCUT2D eigenvalue weighted by Gasteiger charge is -2.19. The molecule has 0 fully saturated rings. The molecule has 0 aromatic heterocycles. The van der Waals surface area contributed by atoms with Crippen LogP contribution in [0.1, 0.15) is 0 Å². The van der Waals surface area contributed by atoms with Crippen LogP contribution < -0.4 is 4.74 Å². The van der Waals surface area contributed by atoms with Crippen molar-refractivity contribution in [1.29, 1.82) is 0 Å². The van der Waals surface area contributed by atoms with Crippen molar-refractivity contribution in [3.8, 4) is 11.5 Å². The molecule has 8 heteroatoms. The molecule has 0 aliphatic carbocycles. The van der Waals surface area contributed by atoms with Crippen LogP contribution in [0.4, 0.5) is 8.78 Å². The zero-order valence-electron chi connectivity index (χ0n) is 7.36. The Morgan fingerprint density at radius 1 is 1.25 bits per heavy atom. The Labute approximate surface area is 117 Å². The molecule has 0 saturated heterocycles. The van der Waals surface area contributed by atoms with Gasteiger partial charge in [-0.25, -0.2) is 0 Å². The van der Waals surface area contributed by atoms with E-state index in [0.717, 1.165) is 6.07 Å². The average molecular weight is 401 g/mol. The molecule has 1 rings (SSSR count). The second-order valence-electron chi connectivity index (χ2n) is 2.68. The smallest absolute Gasteiger partial charge is 0.428 e. The minimum absolute atomic E-state index is 0.115. The number of benzene rings is 1.